The van der Waals surface area contributed by atoms with Gasteiger partial charge in [-0.2, -0.15) is 0 Å². The molecule has 0 aliphatic heterocycles. The number of carboxylic acid groups (broad SMARTS) is 1. The smallest absolute Gasteiger partial charge is 0.303 e. The molecule has 62 valence electrons. The highest BCUT2D eigenvalue weighted by Gasteiger charge is 2.19. The number of carbonyl (C=O) groups is 1. The molecule has 0 heterocycles. The maximum atomic E-state index is 10.4. The molecule has 0 aromatic heterocycles. The van der Waals surface area contributed by atoms with Crippen molar-refractivity contribution in [3.8, 4) is 0 Å². The van der Waals surface area contributed by atoms with E-state index in [-0.39, 0.29) is 12.3 Å². The summed E-state index contributed by atoms with van der Waals surface area (Å²) in [6.45, 7) is 2.12. The Kier molecular flexibility index (Phi) is 2.69. The van der Waals surface area contributed by atoms with Gasteiger partial charge >= 0.3 is 5.97 Å². The SMILES string of the molecule is C[C@H]1CCC=C[C@@H]1CC(=O)O. The minimum Gasteiger partial charge on any atom is -0.481 e. The van der Waals surface area contributed by atoms with E-state index in [1.165, 1.54) is 0 Å². The van der Waals surface area contributed by atoms with E-state index in [1.807, 2.05) is 6.08 Å². The second-order valence-corrected chi connectivity index (χ2v) is 3.24. The lowest BCUT2D eigenvalue weighted by Crippen LogP contribution is -2.16. The van der Waals surface area contributed by atoms with Gasteiger partial charge in [0.2, 0.25) is 0 Å². The summed E-state index contributed by atoms with van der Waals surface area (Å²) < 4.78 is 0. The molecule has 0 saturated heterocycles. The molecule has 0 amide bonds. The summed E-state index contributed by atoms with van der Waals surface area (Å²) in [5.74, 6) is 0.116. The van der Waals surface area contributed by atoms with Crippen LogP contribution in [0.15, 0.2) is 12.2 Å². The molecule has 0 aromatic carbocycles. The van der Waals surface area contributed by atoms with Crippen molar-refractivity contribution in [3.05, 3.63) is 12.2 Å². The Bertz CT molecular complexity index is 172. The summed E-state index contributed by atoms with van der Waals surface area (Å²) in [4.78, 5) is 10.4. The molecule has 0 unspecified atom stereocenters. The summed E-state index contributed by atoms with van der Waals surface area (Å²) in [5, 5.41) is 8.55. The first-order valence-electron chi connectivity index (χ1n) is 4.08. The van der Waals surface area contributed by atoms with Gasteiger partial charge in [0.05, 0.1) is 6.42 Å². The molecular formula is C9H14O2. The Balaban J connectivity index is 2.48. The Morgan fingerprint density at radius 2 is 2.45 bits per heavy atom. The van der Waals surface area contributed by atoms with E-state index in [0.717, 1.165) is 12.8 Å². The van der Waals surface area contributed by atoms with E-state index in [9.17, 15) is 4.79 Å². The molecule has 0 bridgehead atoms. The molecule has 1 aliphatic rings. The van der Waals surface area contributed by atoms with Crippen LogP contribution in [0.5, 0.6) is 0 Å². The molecule has 0 saturated carbocycles. The van der Waals surface area contributed by atoms with E-state index in [4.69, 9.17) is 5.11 Å². The van der Waals surface area contributed by atoms with Gasteiger partial charge in [0.25, 0.3) is 0 Å². The van der Waals surface area contributed by atoms with Gasteiger partial charge in [-0.3, -0.25) is 4.79 Å². The fourth-order valence-electron chi connectivity index (χ4n) is 1.50. The molecule has 0 spiro atoms. The second kappa shape index (κ2) is 3.56. The number of aliphatic carboxylic acids is 1. The van der Waals surface area contributed by atoms with E-state index in [2.05, 4.69) is 13.0 Å². The topological polar surface area (TPSA) is 37.3 Å². The van der Waals surface area contributed by atoms with Gasteiger partial charge in [0, 0.05) is 0 Å². The number of hydrogen-bond donors (Lipinski definition) is 1. The van der Waals surface area contributed by atoms with Crippen molar-refractivity contribution in [2.45, 2.75) is 26.2 Å². The standard InChI is InChI=1S/C9H14O2/c1-7-4-2-3-5-8(7)6-9(10)11/h3,5,7-8H,2,4,6H2,1H3,(H,10,11)/t7-,8+/m0/s1. The van der Waals surface area contributed by atoms with E-state index >= 15 is 0 Å². The second-order valence-electron chi connectivity index (χ2n) is 3.24. The van der Waals surface area contributed by atoms with Crippen LogP contribution in [0.25, 0.3) is 0 Å². The fourth-order valence-corrected chi connectivity index (χ4v) is 1.50. The summed E-state index contributed by atoms with van der Waals surface area (Å²) in [6.07, 6.45) is 6.67. The van der Waals surface area contributed by atoms with Gasteiger partial charge in [-0.05, 0) is 24.7 Å². The average Bonchev–Trinajstić information content (AvgIpc) is 1.93. The summed E-state index contributed by atoms with van der Waals surface area (Å²) in [6, 6.07) is 0. The zero-order valence-electron chi connectivity index (χ0n) is 6.79. The van der Waals surface area contributed by atoms with E-state index in [0.29, 0.717) is 5.92 Å². The fraction of sp³-hybridized carbons (Fsp3) is 0.667. The Morgan fingerprint density at radius 1 is 1.73 bits per heavy atom. The van der Waals surface area contributed by atoms with E-state index < -0.39 is 5.97 Å². The van der Waals surface area contributed by atoms with Crippen LogP contribution in [-0.2, 0) is 4.79 Å². The maximum Gasteiger partial charge on any atom is 0.303 e. The molecule has 1 N–H and O–H groups in total. The highest BCUT2D eigenvalue weighted by molar-refractivity contribution is 5.67. The van der Waals surface area contributed by atoms with Gasteiger partial charge < -0.3 is 5.11 Å². The van der Waals surface area contributed by atoms with Crippen LogP contribution >= 0.6 is 0 Å². The predicted octanol–water partition coefficient (Wildman–Crippen LogP) is 2.06. The van der Waals surface area contributed by atoms with Gasteiger partial charge in [-0.25, -0.2) is 0 Å². The van der Waals surface area contributed by atoms with Crippen LogP contribution in [0.4, 0.5) is 0 Å². The summed E-state index contributed by atoms with van der Waals surface area (Å²) in [7, 11) is 0. The summed E-state index contributed by atoms with van der Waals surface area (Å²) >= 11 is 0. The molecule has 1 aliphatic carbocycles. The van der Waals surface area contributed by atoms with E-state index in [1.54, 1.807) is 0 Å². The van der Waals surface area contributed by atoms with Crippen molar-refractivity contribution in [1.29, 1.82) is 0 Å². The lowest BCUT2D eigenvalue weighted by Gasteiger charge is -2.22. The Morgan fingerprint density at radius 3 is 3.00 bits per heavy atom. The van der Waals surface area contributed by atoms with Crippen molar-refractivity contribution in [2.24, 2.45) is 11.8 Å². The normalized spacial score (nSPS) is 30.3. The predicted molar refractivity (Wildman–Crippen MR) is 43.3 cm³/mol. The van der Waals surface area contributed by atoms with Crippen LogP contribution in [0, 0.1) is 11.8 Å². The first-order chi connectivity index (χ1) is 5.20. The van der Waals surface area contributed by atoms with Gasteiger partial charge in [-0.15, -0.1) is 0 Å². The van der Waals surface area contributed by atoms with Crippen molar-refractivity contribution < 1.29 is 9.90 Å². The quantitative estimate of drug-likeness (QED) is 0.618. The van der Waals surface area contributed by atoms with Crippen LogP contribution in [0.2, 0.25) is 0 Å². The van der Waals surface area contributed by atoms with Crippen molar-refractivity contribution in [1.82, 2.24) is 0 Å². The van der Waals surface area contributed by atoms with Crippen LogP contribution < -0.4 is 0 Å². The first-order valence-corrected chi connectivity index (χ1v) is 4.08. The molecule has 2 atom stereocenters. The third-order valence-electron chi connectivity index (χ3n) is 2.31. The third kappa shape index (κ3) is 2.37. The van der Waals surface area contributed by atoms with Crippen LogP contribution in [0.1, 0.15) is 26.2 Å². The lowest BCUT2D eigenvalue weighted by molar-refractivity contribution is -0.138. The van der Waals surface area contributed by atoms with Crippen molar-refractivity contribution >= 4 is 5.97 Å². The highest BCUT2D eigenvalue weighted by Crippen LogP contribution is 2.26. The molecule has 2 nitrogen and oxygen atoms in total. The Hall–Kier alpha value is -0.790. The molecule has 0 aromatic rings. The van der Waals surface area contributed by atoms with Gasteiger partial charge in [-0.1, -0.05) is 19.1 Å². The molecule has 0 radical (unpaired) electrons. The molecule has 1 rings (SSSR count). The minimum absolute atomic E-state index is 0.265. The lowest BCUT2D eigenvalue weighted by atomic mass is 9.83. The maximum absolute atomic E-state index is 10.4. The van der Waals surface area contributed by atoms with Gasteiger partial charge in [0.1, 0.15) is 0 Å². The number of hydrogen-bond acceptors (Lipinski definition) is 1. The summed E-state index contributed by atoms with van der Waals surface area (Å²) in [5.41, 5.74) is 0. The monoisotopic (exact) mass is 154 g/mol. The average molecular weight is 154 g/mol. The largest absolute Gasteiger partial charge is 0.481 e. The molecular weight excluding hydrogens is 140 g/mol. The zero-order valence-corrected chi connectivity index (χ0v) is 6.79. The molecule has 0 fully saturated rings. The van der Waals surface area contributed by atoms with Crippen LogP contribution in [-0.4, -0.2) is 11.1 Å². The first kappa shape index (κ1) is 8.31. The number of allylic oxidation sites excluding steroid dienone is 2. The molecule has 11 heavy (non-hydrogen) atoms. The van der Waals surface area contributed by atoms with Crippen molar-refractivity contribution in [2.75, 3.05) is 0 Å². The third-order valence-corrected chi connectivity index (χ3v) is 2.31. The van der Waals surface area contributed by atoms with Gasteiger partial charge in [0.15, 0.2) is 0 Å². The molecule has 2 heteroatoms. The number of rotatable bonds is 2. The number of carboxylic acids is 1. The minimum atomic E-state index is -0.687. The Labute approximate surface area is 66.9 Å². The van der Waals surface area contributed by atoms with Crippen LogP contribution in [0.3, 0.4) is 0 Å². The van der Waals surface area contributed by atoms with Crippen molar-refractivity contribution in [3.63, 3.8) is 0 Å². The highest BCUT2D eigenvalue weighted by atomic mass is 16.4. The zero-order chi connectivity index (χ0) is 8.27.